The highest BCUT2D eigenvalue weighted by molar-refractivity contribution is 9.10. The molecule has 0 atom stereocenters. The predicted molar refractivity (Wildman–Crippen MR) is 57.0 cm³/mol. The first-order valence-electron chi connectivity index (χ1n) is 3.46. The van der Waals surface area contributed by atoms with Crippen LogP contribution in [0, 0.1) is 5.82 Å². The zero-order chi connectivity index (χ0) is 8.97. The first kappa shape index (κ1) is 9.81. The van der Waals surface area contributed by atoms with Crippen molar-refractivity contribution < 1.29 is 4.39 Å². The fourth-order valence-corrected chi connectivity index (χ4v) is 1.31. The van der Waals surface area contributed by atoms with E-state index in [0.717, 1.165) is 4.47 Å². The SMILES string of the molecule is Fc1ccc(Br)cc1C=CCS. The zero-order valence-corrected chi connectivity index (χ0v) is 8.78. The fourth-order valence-electron chi connectivity index (χ4n) is 0.822. The molecule has 0 N–H and O–H groups in total. The van der Waals surface area contributed by atoms with Crippen LogP contribution in [-0.2, 0) is 0 Å². The number of hydrogen-bond acceptors (Lipinski definition) is 1. The quantitative estimate of drug-likeness (QED) is 0.759. The smallest absolute Gasteiger partial charge is 0.130 e. The van der Waals surface area contributed by atoms with Gasteiger partial charge in [0.25, 0.3) is 0 Å². The molecule has 0 saturated heterocycles. The van der Waals surface area contributed by atoms with E-state index in [1.807, 2.05) is 0 Å². The molecule has 0 aliphatic rings. The maximum Gasteiger partial charge on any atom is 0.130 e. The summed E-state index contributed by atoms with van der Waals surface area (Å²) in [6.45, 7) is 0. The van der Waals surface area contributed by atoms with Crippen LogP contribution in [0.2, 0.25) is 0 Å². The number of halogens is 2. The van der Waals surface area contributed by atoms with Gasteiger partial charge in [0.2, 0.25) is 0 Å². The fraction of sp³-hybridized carbons (Fsp3) is 0.111. The Morgan fingerprint density at radius 1 is 1.50 bits per heavy atom. The van der Waals surface area contributed by atoms with Crippen LogP contribution in [0.3, 0.4) is 0 Å². The highest BCUT2D eigenvalue weighted by Gasteiger charge is 1.97. The second-order valence-corrected chi connectivity index (χ2v) is 3.53. The summed E-state index contributed by atoms with van der Waals surface area (Å²) in [6.07, 6.45) is 3.51. The Hall–Kier alpha value is -0.280. The monoisotopic (exact) mass is 246 g/mol. The molecular formula is C9H8BrFS. The van der Waals surface area contributed by atoms with Crippen molar-refractivity contribution in [3.8, 4) is 0 Å². The minimum absolute atomic E-state index is 0.212. The largest absolute Gasteiger partial charge is 0.206 e. The molecule has 0 aliphatic carbocycles. The van der Waals surface area contributed by atoms with Gasteiger partial charge in [-0.25, -0.2) is 4.39 Å². The Morgan fingerprint density at radius 3 is 2.92 bits per heavy atom. The van der Waals surface area contributed by atoms with E-state index in [1.165, 1.54) is 6.07 Å². The molecule has 0 aromatic heterocycles. The molecule has 0 heterocycles. The normalized spacial score (nSPS) is 10.9. The molecule has 0 spiro atoms. The van der Waals surface area contributed by atoms with E-state index in [1.54, 1.807) is 24.3 Å². The van der Waals surface area contributed by atoms with Crippen LogP contribution in [-0.4, -0.2) is 5.75 Å². The van der Waals surface area contributed by atoms with E-state index < -0.39 is 0 Å². The van der Waals surface area contributed by atoms with Crippen LogP contribution in [0.15, 0.2) is 28.7 Å². The van der Waals surface area contributed by atoms with Gasteiger partial charge in [-0.3, -0.25) is 0 Å². The molecule has 0 radical (unpaired) electrons. The Balaban J connectivity index is 2.97. The van der Waals surface area contributed by atoms with Gasteiger partial charge in [0.05, 0.1) is 0 Å². The van der Waals surface area contributed by atoms with E-state index in [2.05, 4.69) is 28.6 Å². The number of benzene rings is 1. The van der Waals surface area contributed by atoms with Crippen LogP contribution < -0.4 is 0 Å². The highest BCUT2D eigenvalue weighted by atomic mass is 79.9. The lowest BCUT2D eigenvalue weighted by Gasteiger charge is -1.96. The molecule has 0 unspecified atom stereocenters. The topological polar surface area (TPSA) is 0 Å². The molecule has 0 nitrogen and oxygen atoms in total. The lowest BCUT2D eigenvalue weighted by Crippen LogP contribution is -1.80. The number of thiol groups is 1. The lowest BCUT2D eigenvalue weighted by molar-refractivity contribution is 0.625. The van der Waals surface area contributed by atoms with Crippen LogP contribution >= 0.6 is 28.6 Å². The van der Waals surface area contributed by atoms with Gasteiger partial charge in [-0.15, -0.1) is 0 Å². The number of rotatable bonds is 2. The molecule has 0 bridgehead atoms. The van der Waals surface area contributed by atoms with Gasteiger partial charge < -0.3 is 0 Å². The molecule has 1 rings (SSSR count). The number of hydrogen-bond donors (Lipinski definition) is 1. The Bertz CT molecular complexity index is 297. The zero-order valence-electron chi connectivity index (χ0n) is 6.30. The van der Waals surface area contributed by atoms with Crippen molar-refractivity contribution in [2.45, 2.75) is 0 Å². The minimum atomic E-state index is -0.212. The van der Waals surface area contributed by atoms with Crippen LogP contribution in [0.25, 0.3) is 6.08 Å². The molecule has 0 saturated carbocycles. The van der Waals surface area contributed by atoms with Crippen molar-refractivity contribution in [1.29, 1.82) is 0 Å². The average molecular weight is 247 g/mol. The molecule has 64 valence electrons. The summed E-state index contributed by atoms with van der Waals surface area (Å²) in [5.41, 5.74) is 0.582. The van der Waals surface area contributed by atoms with E-state index in [4.69, 9.17) is 0 Å². The molecule has 0 fully saturated rings. The van der Waals surface area contributed by atoms with Gasteiger partial charge in [0.1, 0.15) is 5.82 Å². The third-order valence-corrected chi connectivity index (χ3v) is 2.06. The van der Waals surface area contributed by atoms with Crippen molar-refractivity contribution in [3.05, 3.63) is 40.1 Å². The average Bonchev–Trinajstić information content (AvgIpc) is 2.07. The van der Waals surface area contributed by atoms with Gasteiger partial charge in [-0.2, -0.15) is 12.6 Å². The van der Waals surface area contributed by atoms with Crippen molar-refractivity contribution in [1.82, 2.24) is 0 Å². The summed E-state index contributed by atoms with van der Waals surface area (Å²) in [5, 5.41) is 0. The predicted octanol–water partition coefficient (Wildman–Crippen LogP) is 3.53. The molecule has 0 amide bonds. The first-order chi connectivity index (χ1) is 5.74. The summed E-state index contributed by atoms with van der Waals surface area (Å²) in [4.78, 5) is 0. The van der Waals surface area contributed by atoms with Gasteiger partial charge in [0, 0.05) is 15.8 Å². The summed E-state index contributed by atoms with van der Waals surface area (Å²) in [7, 11) is 0. The van der Waals surface area contributed by atoms with Crippen molar-refractivity contribution in [3.63, 3.8) is 0 Å². The van der Waals surface area contributed by atoms with Crippen LogP contribution in [0.1, 0.15) is 5.56 Å². The second kappa shape index (κ2) is 4.67. The van der Waals surface area contributed by atoms with Gasteiger partial charge in [-0.05, 0) is 18.2 Å². The molecule has 1 aromatic rings. The highest BCUT2D eigenvalue weighted by Crippen LogP contribution is 2.16. The maximum absolute atomic E-state index is 13.0. The molecule has 12 heavy (non-hydrogen) atoms. The summed E-state index contributed by atoms with van der Waals surface area (Å²) >= 11 is 7.26. The third-order valence-electron chi connectivity index (χ3n) is 1.36. The van der Waals surface area contributed by atoms with Gasteiger partial charge in [-0.1, -0.05) is 28.1 Å². The van der Waals surface area contributed by atoms with E-state index in [-0.39, 0.29) is 5.82 Å². The van der Waals surface area contributed by atoms with E-state index in [9.17, 15) is 4.39 Å². The van der Waals surface area contributed by atoms with Crippen molar-refractivity contribution in [2.75, 3.05) is 5.75 Å². The molecule has 0 aliphatic heterocycles. The Labute approximate surface area is 85.0 Å². The van der Waals surface area contributed by atoms with Crippen molar-refractivity contribution >= 4 is 34.6 Å². The Morgan fingerprint density at radius 2 is 2.25 bits per heavy atom. The van der Waals surface area contributed by atoms with Crippen LogP contribution in [0.5, 0.6) is 0 Å². The van der Waals surface area contributed by atoms with Gasteiger partial charge >= 0.3 is 0 Å². The maximum atomic E-state index is 13.0. The summed E-state index contributed by atoms with van der Waals surface area (Å²) < 4.78 is 13.9. The molecule has 1 aromatic carbocycles. The lowest BCUT2D eigenvalue weighted by atomic mass is 10.2. The third kappa shape index (κ3) is 2.64. The minimum Gasteiger partial charge on any atom is -0.206 e. The van der Waals surface area contributed by atoms with Gasteiger partial charge in [0.15, 0.2) is 0 Å². The Kier molecular flexibility index (Phi) is 3.82. The standard InChI is InChI=1S/C9H8BrFS/c10-8-3-4-9(11)7(6-8)2-1-5-12/h1-4,6,12H,5H2. The van der Waals surface area contributed by atoms with E-state index in [0.29, 0.717) is 11.3 Å². The summed E-state index contributed by atoms with van der Waals surface area (Å²) in [6, 6.07) is 4.84. The first-order valence-corrected chi connectivity index (χ1v) is 4.89. The van der Waals surface area contributed by atoms with Crippen molar-refractivity contribution in [2.24, 2.45) is 0 Å². The molecule has 3 heteroatoms. The summed E-state index contributed by atoms with van der Waals surface area (Å²) in [5.74, 6) is 0.405. The van der Waals surface area contributed by atoms with E-state index >= 15 is 0 Å². The molecular weight excluding hydrogens is 239 g/mol. The second-order valence-electron chi connectivity index (χ2n) is 2.25. The van der Waals surface area contributed by atoms with Crippen LogP contribution in [0.4, 0.5) is 4.39 Å².